The van der Waals surface area contributed by atoms with Crippen LogP contribution in [0.1, 0.15) is 18.9 Å². The maximum Gasteiger partial charge on any atom is 0.207 e. The van der Waals surface area contributed by atoms with Crippen molar-refractivity contribution < 1.29 is 4.74 Å². The van der Waals surface area contributed by atoms with Crippen molar-refractivity contribution in [2.45, 2.75) is 19.8 Å². The minimum Gasteiger partial charge on any atom is -0.383 e. The molecule has 19 heavy (non-hydrogen) atoms. The summed E-state index contributed by atoms with van der Waals surface area (Å²) < 4.78 is 7.08. The number of rotatable bonds is 7. The Bertz CT molecular complexity index is 490. The Balaban J connectivity index is 2.10. The first-order valence-corrected chi connectivity index (χ1v) is 6.70. The average molecular weight is 259 g/mol. The number of ether oxygens (including phenoxy) is 1. The molecule has 2 rings (SSSR count). The topological polar surface area (TPSA) is 39.1 Å². The van der Waals surface area contributed by atoms with E-state index in [1.54, 1.807) is 13.3 Å². The lowest BCUT2D eigenvalue weighted by molar-refractivity contribution is 0.210. The van der Waals surface area contributed by atoms with Crippen LogP contribution in [-0.2, 0) is 11.2 Å². The van der Waals surface area contributed by atoms with Gasteiger partial charge in [-0.15, -0.1) is 0 Å². The number of aromatic nitrogens is 2. The molecule has 102 valence electrons. The first-order valence-electron chi connectivity index (χ1n) is 6.70. The number of benzene rings is 1. The van der Waals surface area contributed by atoms with Crippen molar-refractivity contribution >= 4 is 5.95 Å². The van der Waals surface area contributed by atoms with Gasteiger partial charge in [0.2, 0.25) is 5.95 Å². The van der Waals surface area contributed by atoms with Crippen LogP contribution in [0.3, 0.4) is 0 Å². The van der Waals surface area contributed by atoms with Crippen LogP contribution in [0.15, 0.2) is 36.7 Å². The van der Waals surface area contributed by atoms with Gasteiger partial charge in [-0.25, -0.2) is 4.98 Å². The largest absolute Gasteiger partial charge is 0.383 e. The van der Waals surface area contributed by atoms with Crippen molar-refractivity contribution in [2.75, 3.05) is 25.6 Å². The smallest absolute Gasteiger partial charge is 0.207 e. The lowest BCUT2D eigenvalue weighted by Gasteiger charge is -2.10. The third kappa shape index (κ3) is 3.58. The van der Waals surface area contributed by atoms with E-state index in [2.05, 4.69) is 41.5 Å². The molecule has 1 N–H and O–H groups in total. The van der Waals surface area contributed by atoms with Crippen molar-refractivity contribution in [3.05, 3.63) is 42.2 Å². The number of hydrogen-bond donors (Lipinski definition) is 1. The fraction of sp³-hybridized carbons (Fsp3) is 0.400. The van der Waals surface area contributed by atoms with E-state index in [0.717, 1.165) is 24.6 Å². The van der Waals surface area contributed by atoms with Gasteiger partial charge in [-0.05, 0) is 24.1 Å². The summed E-state index contributed by atoms with van der Waals surface area (Å²) in [7, 11) is 1.70. The van der Waals surface area contributed by atoms with Gasteiger partial charge in [0, 0.05) is 31.7 Å². The number of methoxy groups -OCH3 is 1. The van der Waals surface area contributed by atoms with Gasteiger partial charge in [-0.2, -0.15) is 0 Å². The lowest BCUT2D eigenvalue weighted by Crippen LogP contribution is -2.11. The normalized spacial score (nSPS) is 10.6. The van der Waals surface area contributed by atoms with Gasteiger partial charge >= 0.3 is 0 Å². The lowest BCUT2D eigenvalue weighted by atomic mass is 10.1. The van der Waals surface area contributed by atoms with E-state index in [0.29, 0.717) is 6.61 Å². The van der Waals surface area contributed by atoms with Crippen molar-refractivity contribution in [1.29, 1.82) is 0 Å². The van der Waals surface area contributed by atoms with Gasteiger partial charge in [0.25, 0.3) is 0 Å². The summed E-state index contributed by atoms with van der Waals surface area (Å²) in [5.74, 6) is 0.847. The molecule has 0 fully saturated rings. The van der Waals surface area contributed by atoms with E-state index in [1.165, 1.54) is 12.0 Å². The summed E-state index contributed by atoms with van der Waals surface area (Å²) in [5.41, 5.74) is 2.50. The Kier molecular flexibility index (Phi) is 4.98. The summed E-state index contributed by atoms with van der Waals surface area (Å²) in [6, 6.07) is 8.62. The van der Waals surface area contributed by atoms with Gasteiger partial charge in [-0.3, -0.25) is 4.57 Å². The Hall–Kier alpha value is -1.81. The highest BCUT2D eigenvalue weighted by Gasteiger charge is 2.04. The van der Waals surface area contributed by atoms with E-state index in [1.807, 2.05) is 10.8 Å². The number of imidazole rings is 1. The molecule has 4 heteroatoms. The quantitative estimate of drug-likeness (QED) is 0.777. The predicted octanol–water partition coefficient (Wildman–Crippen LogP) is 2.88. The second kappa shape index (κ2) is 6.95. The molecule has 0 aliphatic rings. The second-order valence-electron chi connectivity index (χ2n) is 4.46. The number of anilines is 1. The third-order valence-corrected chi connectivity index (χ3v) is 2.98. The molecular weight excluding hydrogens is 238 g/mol. The Morgan fingerprint density at radius 3 is 2.74 bits per heavy atom. The molecule has 0 aliphatic heterocycles. The highest BCUT2D eigenvalue weighted by molar-refractivity contribution is 5.42. The first kappa shape index (κ1) is 13.6. The molecule has 4 nitrogen and oxygen atoms in total. The zero-order chi connectivity index (χ0) is 13.5. The molecule has 0 bridgehead atoms. The molecular formula is C15H21N3O. The van der Waals surface area contributed by atoms with Gasteiger partial charge in [-0.1, -0.05) is 25.5 Å². The molecule has 0 saturated heterocycles. The number of nitrogens with zero attached hydrogens (tertiary/aromatic N) is 2. The molecule has 0 unspecified atom stereocenters. The Labute approximate surface area is 114 Å². The fourth-order valence-electron chi connectivity index (χ4n) is 2.02. The van der Waals surface area contributed by atoms with Crippen LogP contribution < -0.4 is 5.32 Å². The molecule has 0 amide bonds. The van der Waals surface area contributed by atoms with E-state index >= 15 is 0 Å². The van der Waals surface area contributed by atoms with Crippen LogP contribution in [0.2, 0.25) is 0 Å². The Morgan fingerprint density at radius 1 is 1.26 bits per heavy atom. The molecule has 2 aromatic rings. The number of nitrogens with one attached hydrogen (secondary N) is 1. The summed E-state index contributed by atoms with van der Waals surface area (Å²) in [6.45, 7) is 3.62. The molecule has 0 aliphatic carbocycles. The average Bonchev–Trinajstić information content (AvgIpc) is 2.89. The molecule has 0 saturated carbocycles. The van der Waals surface area contributed by atoms with Gasteiger partial charge in [0.05, 0.1) is 6.61 Å². The fourth-order valence-corrected chi connectivity index (χ4v) is 2.02. The maximum atomic E-state index is 5.03. The van der Waals surface area contributed by atoms with Crippen molar-refractivity contribution in [3.8, 4) is 5.69 Å². The van der Waals surface area contributed by atoms with Gasteiger partial charge in [0.1, 0.15) is 0 Å². The van der Waals surface area contributed by atoms with Crippen LogP contribution in [0.5, 0.6) is 0 Å². The monoisotopic (exact) mass is 259 g/mol. The zero-order valence-corrected chi connectivity index (χ0v) is 11.6. The molecule has 0 radical (unpaired) electrons. The Morgan fingerprint density at radius 2 is 2.05 bits per heavy atom. The summed E-state index contributed by atoms with van der Waals surface area (Å²) >= 11 is 0. The van der Waals surface area contributed by atoms with Crippen LogP contribution in [0.4, 0.5) is 5.95 Å². The molecule has 1 heterocycles. The van der Waals surface area contributed by atoms with Crippen molar-refractivity contribution in [3.63, 3.8) is 0 Å². The SMILES string of the molecule is CCCc1ccc(-n2ccnc2NCCOC)cc1. The van der Waals surface area contributed by atoms with E-state index < -0.39 is 0 Å². The summed E-state index contributed by atoms with van der Waals surface area (Å²) in [4.78, 5) is 4.32. The van der Waals surface area contributed by atoms with Crippen molar-refractivity contribution in [2.24, 2.45) is 0 Å². The van der Waals surface area contributed by atoms with Crippen LogP contribution >= 0.6 is 0 Å². The van der Waals surface area contributed by atoms with Gasteiger partial charge in [0.15, 0.2) is 0 Å². The molecule has 0 atom stereocenters. The number of aryl methyl sites for hydroxylation is 1. The van der Waals surface area contributed by atoms with E-state index in [-0.39, 0.29) is 0 Å². The minimum absolute atomic E-state index is 0.669. The maximum absolute atomic E-state index is 5.03. The first-order chi connectivity index (χ1) is 9.35. The molecule has 0 spiro atoms. The van der Waals surface area contributed by atoms with E-state index in [4.69, 9.17) is 4.74 Å². The van der Waals surface area contributed by atoms with E-state index in [9.17, 15) is 0 Å². The standard InChI is InChI=1S/C15H21N3O/c1-3-4-13-5-7-14(8-6-13)18-11-9-16-15(18)17-10-12-19-2/h5-9,11H,3-4,10,12H2,1-2H3,(H,16,17). The van der Waals surface area contributed by atoms with Crippen molar-refractivity contribution in [1.82, 2.24) is 9.55 Å². The number of hydrogen-bond acceptors (Lipinski definition) is 3. The highest BCUT2D eigenvalue weighted by atomic mass is 16.5. The molecule has 1 aromatic carbocycles. The van der Waals surface area contributed by atoms with Crippen LogP contribution in [0, 0.1) is 0 Å². The minimum atomic E-state index is 0.669. The predicted molar refractivity (Wildman–Crippen MR) is 77.9 cm³/mol. The second-order valence-corrected chi connectivity index (χ2v) is 4.46. The highest BCUT2D eigenvalue weighted by Crippen LogP contribution is 2.15. The van der Waals surface area contributed by atoms with Crippen LogP contribution in [-0.4, -0.2) is 29.8 Å². The van der Waals surface area contributed by atoms with Crippen LogP contribution in [0.25, 0.3) is 5.69 Å². The summed E-state index contributed by atoms with van der Waals surface area (Å²) in [5, 5.41) is 3.26. The third-order valence-electron chi connectivity index (χ3n) is 2.98. The summed E-state index contributed by atoms with van der Waals surface area (Å²) in [6.07, 6.45) is 6.07. The molecule has 1 aromatic heterocycles. The van der Waals surface area contributed by atoms with Gasteiger partial charge < -0.3 is 10.1 Å². The zero-order valence-electron chi connectivity index (χ0n) is 11.6.